The molecule has 20 heavy (non-hydrogen) atoms. The Morgan fingerprint density at radius 3 is 2.40 bits per heavy atom. The van der Waals surface area contributed by atoms with Crippen LogP contribution in [-0.2, 0) is 0 Å². The monoisotopic (exact) mass is 280 g/mol. The first-order valence-corrected chi connectivity index (χ1v) is 7.52. The van der Waals surface area contributed by atoms with E-state index in [1.165, 1.54) is 0 Å². The van der Waals surface area contributed by atoms with Crippen molar-refractivity contribution in [1.82, 2.24) is 0 Å². The highest BCUT2D eigenvalue weighted by atomic mass is 32.1. The fraction of sp³-hybridized carbons (Fsp3) is 0.222. The molecule has 0 fully saturated rings. The third-order valence-electron chi connectivity index (χ3n) is 2.70. The Bertz CT molecular complexity index is 648. The van der Waals surface area contributed by atoms with Crippen LogP contribution < -0.4 is 0 Å². The van der Waals surface area contributed by atoms with Crippen molar-refractivity contribution in [3.8, 4) is 23.7 Å². The Labute approximate surface area is 124 Å². The molecule has 0 unspecified atom stereocenters. The minimum atomic E-state index is 0.241. The van der Waals surface area contributed by atoms with Gasteiger partial charge in [0.2, 0.25) is 0 Å². The second kappa shape index (κ2) is 8.23. The molecule has 0 bridgehead atoms. The zero-order chi connectivity index (χ0) is 14.0. The number of aliphatic hydroxyl groups excluding tert-OH is 1. The number of benzene rings is 1. The van der Waals surface area contributed by atoms with Crippen LogP contribution in [0, 0.1) is 23.7 Å². The van der Waals surface area contributed by atoms with Gasteiger partial charge in [-0.15, -0.1) is 11.3 Å². The first-order valence-electron chi connectivity index (χ1n) is 6.64. The molecule has 1 nitrogen and oxygen atoms in total. The van der Waals surface area contributed by atoms with Crippen molar-refractivity contribution >= 4 is 11.3 Å². The van der Waals surface area contributed by atoms with E-state index in [0.717, 1.165) is 35.3 Å². The lowest BCUT2D eigenvalue weighted by Crippen LogP contribution is -1.83. The number of unbranched alkanes of at least 4 members (excludes halogenated alkanes) is 2. The Morgan fingerprint density at radius 1 is 0.900 bits per heavy atom. The third-order valence-corrected chi connectivity index (χ3v) is 3.49. The van der Waals surface area contributed by atoms with Crippen LogP contribution in [0.3, 0.4) is 0 Å². The lowest BCUT2D eigenvalue weighted by molar-refractivity contribution is 0.285. The van der Waals surface area contributed by atoms with Gasteiger partial charge in [-0.25, -0.2) is 0 Å². The molecule has 0 saturated carbocycles. The van der Waals surface area contributed by atoms with Gasteiger partial charge in [-0.2, -0.15) is 0 Å². The zero-order valence-corrected chi connectivity index (χ0v) is 12.0. The molecule has 1 aromatic heterocycles. The van der Waals surface area contributed by atoms with E-state index in [1.54, 1.807) is 11.3 Å². The van der Waals surface area contributed by atoms with Crippen molar-refractivity contribution in [3.63, 3.8) is 0 Å². The zero-order valence-electron chi connectivity index (χ0n) is 11.2. The molecule has 0 radical (unpaired) electrons. The van der Waals surface area contributed by atoms with Crippen LogP contribution in [0.4, 0.5) is 0 Å². The van der Waals surface area contributed by atoms with Crippen LogP contribution in [0.5, 0.6) is 0 Å². The van der Waals surface area contributed by atoms with E-state index >= 15 is 0 Å². The van der Waals surface area contributed by atoms with Crippen molar-refractivity contribution in [1.29, 1.82) is 0 Å². The van der Waals surface area contributed by atoms with Gasteiger partial charge in [0.05, 0.1) is 4.88 Å². The van der Waals surface area contributed by atoms with E-state index in [9.17, 15) is 0 Å². The van der Waals surface area contributed by atoms with Crippen LogP contribution in [0.25, 0.3) is 0 Å². The molecule has 2 aromatic rings. The average molecular weight is 280 g/mol. The van der Waals surface area contributed by atoms with Gasteiger partial charge in [0, 0.05) is 24.2 Å². The molecular formula is C18H16OS. The summed E-state index contributed by atoms with van der Waals surface area (Å²) in [5.74, 6) is 12.7. The quantitative estimate of drug-likeness (QED) is 0.672. The first kappa shape index (κ1) is 14.4. The summed E-state index contributed by atoms with van der Waals surface area (Å²) in [6.07, 6.45) is 2.56. The average Bonchev–Trinajstić information content (AvgIpc) is 2.99. The van der Waals surface area contributed by atoms with Crippen LogP contribution >= 0.6 is 11.3 Å². The second-order valence-electron chi connectivity index (χ2n) is 4.26. The van der Waals surface area contributed by atoms with Crippen LogP contribution in [0.1, 0.15) is 35.3 Å². The fourth-order valence-electron chi connectivity index (χ4n) is 1.66. The highest BCUT2D eigenvalue weighted by Crippen LogP contribution is 2.09. The lowest BCUT2D eigenvalue weighted by Gasteiger charge is -1.95. The molecule has 0 aliphatic rings. The minimum absolute atomic E-state index is 0.241. The van der Waals surface area contributed by atoms with Gasteiger partial charge < -0.3 is 5.11 Å². The van der Waals surface area contributed by atoms with Crippen molar-refractivity contribution in [3.05, 3.63) is 57.8 Å². The van der Waals surface area contributed by atoms with E-state index < -0.39 is 0 Å². The summed E-state index contributed by atoms with van der Waals surface area (Å²) in [6.45, 7) is 0.241. The smallest absolute Gasteiger partial charge is 0.0772 e. The fourth-order valence-corrected chi connectivity index (χ4v) is 2.23. The van der Waals surface area contributed by atoms with Crippen LogP contribution in [0.2, 0.25) is 0 Å². The normalized spacial score (nSPS) is 9.25. The van der Waals surface area contributed by atoms with Gasteiger partial charge in [0.1, 0.15) is 0 Å². The van der Waals surface area contributed by atoms with Gasteiger partial charge in [0.25, 0.3) is 0 Å². The second-order valence-corrected chi connectivity index (χ2v) is 5.20. The SMILES string of the molecule is OCCCCC#Cc1ccccc1C#Cc1cccs1. The maximum absolute atomic E-state index is 8.72. The van der Waals surface area contributed by atoms with Gasteiger partial charge in [-0.05, 0) is 36.4 Å². The first-order chi connectivity index (χ1) is 9.90. The molecule has 0 spiro atoms. The van der Waals surface area contributed by atoms with Crippen molar-refractivity contribution in [2.45, 2.75) is 19.3 Å². The topological polar surface area (TPSA) is 20.2 Å². The highest BCUT2D eigenvalue weighted by molar-refractivity contribution is 7.10. The summed E-state index contributed by atoms with van der Waals surface area (Å²) < 4.78 is 0. The number of hydrogen-bond acceptors (Lipinski definition) is 2. The van der Waals surface area contributed by atoms with Crippen molar-refractivity contribution in [2.75, 3.05) is 6.61 Å². The summed E-state index contributed by atoms with van der Waals surface area (Å²) in [5.41, 5.74) is 1.94. The molecular weight excluding hydrogens is 264 g/mol. The van der Waals surface area contributed by atoms with Gasteiger partial charge in [0.15, 0.2) is 0 Å². The molecule has 0 amide bonds. The molecule has 1 heterocycles. The standard InChI is InChI=1S/C18H16OS/c19-14-6-2-1-3-8-16-9-4-5-10-17(16)12-13-18-11-7-15-20-18/h4-5,7,9-11,15,19H,1-2,6,14H2. The predicted molar refractivity (Wildman–Crippen MR) is 84.6 cm³/mol. The summed E-state index contributed by atoms with van der Waals surface area (Å²) in [5, 5.41) is 10.7. The van der Waals surface area contributed by atoms with Crippen molar-refractivity contribution in [2.24, 2.45) is 0 Å². The minimum Gasteiger partial charge on any atom is -0.396 e. The third kappa shape index (κ3) is 4.59. The Hall–Kier alpha value is -2.00. The lowest BCUT2D eigenvalue weighted by atomic mass is 10.1. The Morgan fingerprint density at radius 2 is 1.70 bits per heavy atom. The van der Waals surface area contributed by atoms with E-state index in [2.05, 4.69) is 23.7 Å². The summed E-state index contributed by atoms with van der Waals surface area (Å²) in [4.78, 5) is 1.07. The Kier molecular flexibility index (Phi) is 5.93. The highest BCUT2D eigenvalue weighted by Gasteiger charge is 1.94. The maximum Gasteiger partial charge on any atom is 0.0772 e. The van der Waals surface area contributed by atoms with Crippen LogP contribution in [0.15, 0.2) is 41.8 Å². The van der Waals surface area contributed by atoms with E-state index in [0.29, 0.717) is 0 Å². The molecule has 1 aromatic carbocycles. The maximum atomic E-state index is 8.72. The number of hydrogen-bond donors (Lipinski definition) is 1. The molecule has 0 aliphatic heterocycles. The molecule has 2 rings (SSSR count). The summed E-state index contributed by atoms with van der Waals surface area (Å²) in [7, 11) is 0. The molecule has 100 valence electrons. The van der Waals surface area contributed by atoms with Gasteiger partial charge >= 0.3 is 0 Å². The van der Waals surface area contributed by atoms with Gasteiger partial charge in [-0.1, -0.05) is 41.9 Å². The number of rotatable bonds is 3. The summed E-state index contributed by atoms with van der Waals surface area (Å²) in [6, 6.07) is 12.0. The van der Waals surface area contributed by atoms with Crippen molar-refractivity contribution < 1.29 is 5.11 Å². The molecule has 2 heteroatoms. The van der Waals surface area contributed by atoms with E-state index in [4.69, 9.17) is 5.11 Å². The molecule has 0 aliphatic carbocycles. The molecule has 0 atom stereocenters. The summed E-state index contributed by atoms with van der Waals surface area (Å²) >= 11 is 1.64. The Balaban J connectivity index is 2.10. The number of aliphatic hydroxyl groups is 1. The molecule has 1 N–H and O–H groups in total. The van der Waals surface area contributed by atoms with E-state index in [-0.39, 0.29) is 6.61 Å². The largest absolute Gasteiger partial charge is 0.396 e. The van der Waals surface area contributed by atoms with Gasteiger partial charge in [-0.3, -0.25) is 0 Å². The van der Waals surface area contributed by atoms with E-state index in [1.807, 2.05) is 41.8 Å². The number of thiophene rings is 1. The molecule has 0 saturated heterocycles. The van der Waals surface area contributed by atoms with Crippen LogP contribution in [-0.4, -0.2) is 11.7 Å². The predicted octanol–water partition coefficient (Wildman–Crippen LogP) is 3.66.